The standard InChI is InChI=1S/C33H34N6O/c1-33(2,3)26-16-14-25(15-17-26)32(40)38-20-18-37(19-21-38)30-28-23-34-39(27-12-8-5-9-13-27)31(28)36-29(35-30)22-24-10-6-4-7-11-24/h4-17,23H,18-22H2,1-3H3. The van der Waals surface area contributed by atoms with Gasteiger partial charge in [-0.25, -0.2) is 14.6 Å². The molecule has 1 saturated heterocycles. The monoisotopic (exact) mass is 530 g/mol. The lowest BCUT2D eigenvalue weighted by atomic mass is 9.86. The Labute approximate surface area is 235 Å². The van der Waals surface area contributed by atoms with E-state index < -0.39 is 0 Å². The van der Waals surface area contributed by atoms with Crippen molar-refractivity contribution in [3.05, 3.63) is 114 Å². The average molecular weight is 531 g/mol. The number of benzene rings is 3. The molecule has 0 saturated carbocycles. The molecule has 5 aromatic rings. The maximum Gasteiger partial charge on any atom is 0.253 e. The predicted molar refractivity (Wildman–Crippen MR) is 159 cm³/mol. The molecule has 1 fully saturated rings. The molecule has 0 atom stereocenters. The largest absolute Gasteiger partial charge is 0.352 e. The fourth-order valence-electron chi connectivity index (χ4n) is 5.21. The molecule has 0 aliphatic carbocycles. The summed E-state index contributed by atoms with van der Waals surface area (Å²) in [6, 6.07) is 28.4. The van der Waals surface area contributed by atoms with Crippen LogP contribution in [0.1, 0.15) is 48.1 Å². The number of para-hydroxylation sites is 1. The zero-order chi connectivity index (χ0) is 27.7. The first-order valence-corrected chi connectivity index (χ1v) is 13.9. The molecule has 3 aromatic carbocycles. The van der Waals surface area contributed by atoms with Gasteiger partial charge in [0.25, 0.3) is 5.91 Å². The lowest BCUT2D eigenvalue weighted by Gasteiger charge is -2.35. The molecular weight excluding hydrogens is 496 g/mol. The van der Waals surface area contributed by atoms with Crippen molar-refractivity contribution in [1.29, 1.82) is 0 Å². The van der Waals surface area contributed by atoms with E-state index >= 15 is 0 Å². The van der Waals surface area contributed by atoms with Crippen LogP contribution in [-0.2, 0) is 11.8 Å². The lowest BCUT2D eigenvalue weighted by Crippen LogP contribution is -2.49. The Bertz CT molecular complexity index is 1610. The molecule has 1 aliphatic rings. The van der Waals surface area contributed by atoms with Crippen LogP contribution >= 0.6 is 0 Å². The third-order valence-electron chi connectivity index (χ3n) is 7.52. The van der Waals surface area contributed by atoms with Crippen molar-refractivity contribution in [2.24, 2.45) is 0 Å². The summed E-state index contributed by atoms with van der Waals surface area (Å²) in [7, 11) is 0. The zero-order valence-electron chi connectivity index (χ0n) is 23.3. The number of carbonyl (C=O) groups is 1. The predicted octanol–water partition coefficient (Wildman–Crippen LogP) is 5.67. The molecule has 2 aromatic heterocycles. The van der Waals surface area contributed by atoms with E-state index in [9.17, 15) is 4.79 Å². The van der Waals surface area contributed by atoms with Crippen molar-refractivity contribution in [2.45, 2.75) is 32.6 Å². The van der Waals surface area contributed by atoms with Gasteiger partial charge in [-0.05, 0) is 40.8 Å². The van der Waals surface area contributed by atoms with Crippen LogP contribution in [0.2, 0.25) is 0 Å². The van der Waals surface area contributed by atoms with Gasteiger partial charge < -0.3 is 9.80 Å². The second-order valence-corrected chi connectivity index (χ2v) is 11.4. The zero-order valence-corrected chi connectivity index (χ0v) is 23.3. The number of rotatable bonds is 5. The molecule has 3 heterocycles. The van der Waals surface area contributed by atoms with Crippen LogP contribution in [0.4, 0.5) is 5.82 Å². The molecule has 40 heavy (non-hydrogen) atoms. The van der Waals surface area contributed by atoms with Gasteiger partial charge in [-0.1, -0.05) is 81.4 Å². The highest BCUT2D eigenvalue weighted by atomic mass is 16.2. The molecule has 202 valence electrons. The number of hydrogen-bond donors (Lipinski definition) is 0. The molecule has 0 bridgehead atoms. The Morgan fingerprint density at radius 3 is 2.10 bits per heavy atom. The van der Waals surface area contributed by atoms with Crippen molar-refractivity contribution in [2.75, 3.05) is 31.1 Å². The van der Waals surface area contributed by atoms with Gasteiger partial charge in [0.1, 0.15) is 11.6 Å². The van der Waals surface area contributed by atoms with E-state index in [0.717, 1.165) is 39.5 Å². The number of carbonyl (C=O) groups excluding carboxylic acids is 1. The topological polar surface area (TPSA) is 67.2 Å². The van der Waals surface area contributed by atoms with Crippen LogP contribution in [-0.4, -0.2) is 56.7 Å². The van der Waals surface area contributed by atoms with Crippen molar-refractivity contribution in [3.63, 3.8) is 0 Å². The molecule has 0 spiro atoms. The highest BCUT2D eigenvalue weighted by Gasteiger charge is 2.26. The Hall–Kier alpha value is -4.52. The third-order valence-corrected chi connectivity index (χ3v) is 7.52. The van der Waals surface area contributed by atoms with Gasteiger partial charge in [-0.3, -0.25) is 4.79 Å². The quantitative estimate of drug-likeness (QED) is 0.293. The van der Waals surface area contributed by atoms with Crippen LogP contribution in [0.25, 0.3) is 16.7 Å². The smallest absolute Gasteiger partial charge is 0.253 e. The van der Waals surface area contributed by atoms with E-state index in [4.69, 9.17) is 15.1 Å². The van der Waals surface area contributed by atoms with E-state index in [2.05, 4.69) is 49.9 Å². The summed E-state index contributed by atoms with van der Waals surface area (Å²) in [4.78, 5) is 27.5. The van der Waals surface area contributed by atoms with E-state index in [1.165, 1.54) is 5.56 Å². The van der Waals surface area contributed by atoms with Crippen molar-refractivity contribution in [1.82, 2.24) is 24.6 Å². The molecule has 1 aliphatic heterocycles. The van der Waals surface area contributed by atoms with E-state index in [1.807, 2.05) is 76.4 Å². The van der Waals surface area contributed by atoms with Gasteiger partial charge in [0.15, 0.2) is 5.65 Å². The minimum atomic E-state index is 0.0593. The van der Waals surface area contributed by atoms with Crippen LogP contribution in [0.3, 0.4) is 0 Å². The third kappa shape index (κ3) is 5.19. The van der Waals surface area contributed by atoms with E-state index in [1.54, 1.807) is 0 Å². The van der Waals surface area contributed by atoms with Crippen LogP contribution in [0, 0.1) is 0 Å². The number of nitrogens with zero attached hydrogens (tertiary/aromatic N) is 6. The highest BCUT2D eigenvalue weighted by molar-refractivity contribution is 5.94. The fourth-order valence-corrected chi connectivity index (χ4v) is 5.21. The second-order valence-electron chi connectivity index (χ2n) is 11.4. The summed E-state index contributed by atoms with van der Waals surface area (Å²) < 4.78 is 1.88. The molecule has 0 unspecified atom stereocenters. The SMILES string of the molecule is CC(C)(C)c1ccc(C(=O)N2CCN(c3nc(Cc4ccccc4)nc4c3cnn4-c3ccccc3)CC2)cc1. The molecular formula is C33H34N6O. The normalized spacial score (nSPS) is 14.1. The molecule has 0 N–H and O–H groups in total. The Balaban J connectivity index is 1.27. The first-order chi connectivity index (χ1) is 19.4. The van der Waals surface area contributed by atoms with Gasteiger partial charge in [0, 0.05) is 38.2 Å². The number of fused-ring (bicyclic) bond motifs is 1. The van der Waals surface area contributed by atoms with Crippen molar-refractivity contribution < 1.29 is 4.79 Å². The first-order valence-electron chi connectivity index (χ1n) is 13.9. The average Bonchev–Trinajstić information content (AvgIpc) is 3.41. The summed E-state index contributed by atoms with van der Waals surface area (Å²) in [5, 5.41) is 5.61. The maximum atomic E-state index is 13.3. The Morgan fingerprint density at radius 2 is 1.45 bits per heavy atom. The number of aromatic nitrogens is 4. The first kappa shape index (κ1) is 25.7. The number of amides is 1. The summed E-state index contributed by atoms with van der Waals surface area (Å²) >= 11 is 0. The summed E-state index contributed by atoms with van der Waals surface area (Å²) in [6.07, 6.45) is 2.49. The van der Waals surface area contributed by atoms with Gasteiger partial charge in [-0.2, -0.15) is 5.10 Å². The summed E-state index contributed by atoms with van der Waals surface area (Å²) in [5.74, 6) is 1.71. The molecule has 7 nitrogen and oxygen atoms in total. The molecule has 0 radical (unpaired) electrons. The minimum absolute atomic E-state index is 0.0593. The van der Waals surface area contributed by atoms with Gasteiger partial charge in [0.05, 0.1) is 17.3 Å². The molecule has 6 rings (SSSR count). The van der Waals surface area contributed by atoms with Crippen LogP contribution in [0.5, 0.6) is 0 Å². The summed E-state index contributed by atoms with van der Waals surface area (Å²) in [5.41, 5.74) is 4.93. The van der Waals surface area contributed by atoms with Crippen molar-refractivity contribution in [3.8, 4) is 5.69 Å². The highest BCUT2D eigenvalue weighted by Crippen LogP contribution is 2.28. The van der Waals surface area contributed by atoms with Crippen LogP contribution in [0.15, 0.2) is 91.1 Å². The van der Waals surface area contributed by atoms with Gasteiger partial charge in [-0.15, -0.1) is 0 Å². The van der Waals surface area contributed by atoms with Gasteiger partial charge in [0.2, 0.25) is 0 Å². The lowest BCUT2D eigenvalue weighted by molar-refractivity contribution is 0.0746. The Morgan fingerprint density at radius 1 is 0.800 bits per heavy atom. The van der Waals surface area contributed by atoms with E-state index in [-0.39, 0.29) is 11.3 Å². The number of piperazine rings is 1. The van der Waals surface area contributed by atoms with Crippen LogP contribution < -0.4 is 4.90 Å². The minimum Gasteiger partial charge on any atom is -0.352 e. The second kappa shape index (κ2) is 10.6. The van der Waals surface area contributed by atoms with Gasteiger partial charge >= 0.3 is 0 Å². The summed E-state index contributed by atoms with van der Waals surface area (Å²) in [6.45, 7) is 9.20. The van der Waals surface area contributed by atoms with Crippen molar-refractivity contribution >= 4 is 22.8 Å². The van der Waals surface area contributed by atoms with E-state index in [0.29, 0.717) is 32.6 Å². The Kier molecular flexibility index (Phi) is 6.80. The number of hydrogen-bond acceptors (Lipinski definition) is 5. The number of anilines is 1. The fraction of sp³-hybridized carbons (Fsp3) is 0.273. The maximum absolute atomic E-state index is 13.3. The molecule has 1 amide bonds. The molecule has 7 heteroatoms.